The molecule has 0 saturated carbocycles. The van der Waals surface area contributed by atoms with Crippen LogP contribution in [0, 0.1) is 0 Å². The molecular weight excluding hydrogens is 565 g/mol. The molecule has 0 radical (unpaired) electrons. The topological polar surface area (TPSA) is 19.4 Å². The Hall–Kier alpha value is 0.411. The van der Waals surface area contributed by atoms with E-state index >= 15 is 0 Å². The molecular formula is C33H84N6Si3. The lowest BCUT2D eigenvalue weighted by Crippen LogP contribution is -2.33. The van der Waals surface area contributed by atoms with Crippen LogP contribution in [-0.4, -0.2) is 177 Å². The van der Waals surface area contributed by atoms with Gasteiger partial charge >= 0.3 is 0 Å². The quantitative estimate of drug-likeness (QED) is 0.129. The summed E-state index contributed by atoms with van der Waals surface area (Å²) in [7, 11) is 23.3. The van der Waals surface area contributed by atoms with Crippen LogP contribution in [0.15, 0.2) is 0 Å². The molecule has 0 saturated heterocycles. The van der Waals surface area contributed by atoms with Crippen molar-refractivity contribution in [2.45, 2.75) is 94.8 Å². The summed E-state index contributed by atoms with van der Waals surface area (Å²) in [6, 6.07) is 8.73. The van der Waals surface area contributed by atoms with E-state index in [1.54, 1.807) is 0 Å². The van der Waals surface area contributed by atoms with Gasteiger partial charge in [0.25, 0.3) is 0 Å². The van der Waals surface area contributed by atoms with E-state index in [0.29, 0.717) is 0 Å². The Morgan fingerprint density at radius 2 is 0.429 bits per heavy atom. The van der Waals surface area contributed by atoms with Gasteiger partial charge in [-0.15, -0.1) is 0 Å². The average molecular weight is 649 g/mol. The molecule has 0 aromatic rings. The van der Waals surface area contributed by atoms with Gasteiger partial charge < -0.3 is 29.4 Å². The number of nitrogens with zero attached hydrogens (tertiary/aromatic N) is 6. The Kier molecular flexibility index (Phi) is 28.5. The van der Waals surface area contributed by atoms with Crippen LogP contribution in [0.4, 0.5) is 0 Å². The molecule has 0 aromatic carbocycles. The first-order valence-corrected chi connectivity index (χ1v) is 27.1. The Balaban J connectivity index is -0.000000545. The highest BCUT2D eigenvalue weighted by atomic mass is 28.3. The monoisotopic (exact) mass is 649 g/mol. The molecule has 6 nitrogen and oxygen atoms in total. The van der Waals surface area contributed by atoms with Crippen LogP contribution in [-0.2, 0) is 0 Å². The van der Waals surface area contributed by atoms with Crippen LogP contribution in [0.5, 0.6) is 0 Å². The summed E-state index contributed by atoms with van der Waals surface area (Å²) in [4.78, 5) is 13.8. The van der Waals surface area contributed by atoms with Crippen molar-refractivity contribution in [1.29, 1.82) is 0 Å². The van der Waals surface area contributed by atoms with E-state index in [2.05, 4.69) is 153 Å². The van der Waals surface area contributed by atoms with E-state index < -0.39 is 24.2 Å². The van der Waals surface area contributed by atoms with E-state index in [-0.39, 0.29) is 0 Å². The fourth-order valence-corrected chi connectivity index (χ4v) is 11.8. The van der Waals surface area contributed by atoms with Crippen LogP contribution in [0.1, 0.15) is 19.3 Å². The highest BCUT2D eigenvalue weighted by molar-refractivity contribution is 6.78. The van der Waals surface area contributed by atoms with Crippen molar-refractivity contribution >= 4 is 24.2 Å². The van der Waals surface area contributed by atoms with Crippen molar-refractivity contribution in [2.24, 2.45) is 0 Å². The van der Waals surface area contributed by atoms with Crippen LogP contribution in [0.25, 0.3) is 0 Å². The molecule has 0 rings (SSSR count). The van der Waals surface area contributed by atoms with Crippen molar-refractivity contribution in [3.63, 3.8) is 0 Å². The molecule has 0 bridgehead atoms. The van der Waals surface area contributed by atoms with E-state index in [9.17, 15) is 0 Å². The molecule has 0 aromatic heterocycles. The number of rotatable bonds is 21. The van der Waals surface area contributed by atoms with Crippen molar-refractivity contribution in [2.75, 3.05) is 124 Å². The normalized spacial score (nSPS) is 12.9. The predicted octanol–water partition coefficient (Wildman–Crippen LogP) is 6.62. The average Bonchev–Trinajstić information content (AvgIpc) is 2.80. The van der Waals surface area contributed by atoms with Crippen molar-refractivity contribution < 1.29 is 0 Å². The second kappa shape index (κ2) is 25.6. The molecule has 0 aliphatic carbocycles. The van der Waals surface area contributed by atoms with Gasteiger partial charge in [0.2, 0.25) is 0 Å². The highest BCUT2D eigenvalue weighted by Crippen LogP contribution is 2.20. The maximum atomic E-state index is 2.54. The summed E-state index contributed by atoms with van der Waals surface area (Å²) < 4.78 is 0. The summed E-state index contributed by atoms with van der Waals surface area (Å²) >= 11 is 0. The summed E-state index contributed by atoms with van der Waals surface area (Å²) in [6.45, 7) is 22.7. The van der Waals surface area contributed by atoms with E-state index in [4.69, 9.17) is 0 Å². The second-order valence-corrected chi connectivity index (χ2v) is 32.9. The van der Waals surface area contributed by atoms with Gasteiger partial charge in [0.15, 0.2) is 0 Å². The minimum atomic E-state index is -0.912. The standard InChI is InChI=1S/C12H30N2Si.C11H28N2Si.C10H26N2Si/c1-13(2)9-7-11-15(5,6)12-8-10-14(3)4;1-12(2)8-7-10-14(5,6)11-9-13(3)4;1-11(2)7-9-13(5,6)10-8-12(3)4/h7-12H2,1-6H3;7-11H2,1-6H3;7-10H2,1-6H3. The lowest BCUT2D eigenvalue weighted by Gasteiger charge is -2.25. The zero-order valence-electron chi connectivity index (χ0n) is 32.8. The molecule has 0 amide bonds. The van der Waals surface area contributed by atoms with Gasteiger partial charge in [-0.1, -0.05) is 57.4 Å². The van der Waals surface area contributed by atoms with Gasteiger partial charge in [-0.05, 0) is 161 Å². The molecule has 0 fully saturated rings. The first-order chi connectivity index (χ1) is 19.0. The molecule has 258 valence electrons. The maximum Gasteiger partial charge on any atom is 0.0498 e. The lowest BCUT2D eigenvalue weighted by molar-refractivity contribution is 0.404. The first-order valence-electron chi connectivity index (χ1n) is 16.9. The summed E-state index contributed by atoms with van der Waals surface area (Å²) in [5.41, 5.74) is 0. The zero-order chi connectivity index (χ0) is 33.6. The predicted molar refractivity (Wildman–Crippen MR) is 206 cm³/mol. The molecule has 0 N–H and O–H groups in total. The molecule has 0 aliphatic heterocycles. The Morgan fingerprint density at radius 3 is 0.619 bits per heavy atom. The summed E-state index contributed by atoms with van der Waals surface area (Å²) in [5, 5.41) is 0. The Bertz CT molecular complexity index is 564. The van der Waals surface area contributed by atoms with Crippen LogP contribution in [0.2, 0.25) is 75.5 Å². The Labute approximate surface area is 271 Å². The minimum absolute atomic E-state index is 0.890. The van der Waals surface area contributed by atoms with Gasteiger partial charge in [-0.25, -0.2) is 0 Å². The van der Waals surface area contributed by atoms with Gasteiger partial charge in [0.05, 0.1) is 0 Å². The van der Waals surface area contributed by atoms with Crippen LogP contribution in [0.3, 0.4) is 0 Å². The smallest absolute Gasteiger partial charge is 0.0498 e. The summed E-state index contributed by atoms with van der Waals surface area (Å²) in [5.74, 6) is 0. The van der Waals surface area contributed by atoms with E-state index in [1.165, 1.54) is 94.8 Å². The second-order valence-electron chi connectivity index (χ2n) is 16.9. The van der Waals surface area contributed by atoms with Crippen molar-refractivity contribution in [3.8, 4) is 0 Å². The molecule has 42 heavy (non-hydrogen) atoms. The molecule has 0 aliphatic rings. The number of hydrogen-bond donors (Lipinski definition) is 0. The van der Waals surface area contributed by atoms with Gasteiger partial charge in [0, 0.05) is 24.2 Å². The first kappa shape index (κ1) is 46.8. The molecule has 0 atom stereocenters. The Morgan fingerprint density at radius 1 is 0.262 bits per heavy atom. The summed E-state index contributed by atoms with van der Waals surface area (Å²) in [6.07, 6.45) is 4.14. The highest BCUT2D eigenvalue weighted by Gasteiger charge is 2.21. The number of hydrogen-bond acceptors (Lipinski definition) is 6. The van der Waals surface area contributed by atoms with Gasteiger partial charge in [-0.2, -0.15) is 0 Å². The third kappa shape index (κ3) is 40.4. The lowest BCUT2D eigenvalue weighted by atomic mass is 10.4. The molecule has 9 heteroatoms. The zero-order valence-corrected chi connectivity index (χ0v) is 35.8. The van der Waals surface area contributed by atoms with E-state index in [1.807, 2.05) is 0 Å². The molecule has 0 spiro atoms. The van der Waals surface area contributed by atoms with E-state index in [0.717, 1.165) is 0 Å². The third-order valence-electron chi connectivity index (χ3n) is 8.08. The van der Waals surface area contributed by atoms with Crippen LogP contribution >= 0.6 is 0 Å². The maximum absolute atomic E-state index is 2.54. The van der Waals surface area contributed by atoms with Gasteiger partial charge in [0.1, 0.15) is 0 Å². The fraction of sp³-hybridized carbons (Fsp3) is 1.00. The van der Waals surface area contributed by atoms with Crippen LogP contribution < -0.4 is 0 Å². The largest absolute Gasteiger partial charge is 0.310 e. The molecule has 0 unspecified atom stereocenters. The minimum Gasteiger partial charge on any atom is -0.310 e. The van der Waals surface area contributed by atoms with Crippen molar-refractivity contribution in [3.05, 3.63) is 0 Å². The van der Waals surface area contributed by atoms with Crippen molar-refractivity contribution in [1.82, 2.24) is 29.4 Å². The molecule has 0 heterocycles. The fourth-order valence-electron chi connectivity index (χ4n) is 4.58. The SMILES string of the molecule is CN(C)CCC[Si](C)(C)CCCN(C)C.CN(C)CCC[Si](C)(C)CCN(C)C.CN(C)CC[Si](C)(C)CCN(C)C. The third-order valence-corrected chi connectivity index (χ3v) is 17.9. The van der Waals surface area contributed by atoms with Gasteiger partial charge in [-0.3, -0.25) is 0 Å².